The summed E-state index contributed by atoms with van der Waals surface area (Å²) in [6.45, 7) is 0.730. The highest BCUT2D eigenvalue weighted by molar-refractivity contribution is 5.31. The Morgan fingerprint density at radius 1 is 1.38 bits per heavy atom. The fraction of sp³-hybridized carbons (Fsp3) is 0.538. The molecule has 0 aliphatic heterocycles. The second-order valence-corrected chi connectivity index (χ2v) is 4.38. The van der Waals surface area contributed by atoms with Crippen molar-refractivity contribution < 1.29 is 9.84 Å². The average Bonchev–Trinajstić information content (AvgIpc) is 2.76. The molecule has 1 aliphatic carbocycles. The van der Waals surface area contributed by atoms with Gasteiger partial charge in [0.25, 0.3) is 0 Å². The van der Waals surface area contributed by atoms with Crippen LogP contribution in [0.15, 0.2) is 24.3 Å². The van der Waals surface area contributed by atoms with Crippen molar-refractivity contribution in [3.63, 3.8) is 0 Å². The topological polar surface area (TPSA) is 41.5 Å². The number of phenolic OH excluding ortho intramolecular Hbond substituents is 1. The number of aromatic hydroxyl groups is 1. The van der Waals surface area contributed by atoms with E-state index in [4.69, 9.17) is 4.74 Å². The molecule has 0 bridgehead atoms. The van der Waals surface area contributed by atoms with Crippen LogP contribution in [0.3, 0.4) is 0 Å². The van der Waals surface area contributed by atoms with Crippen LogP contribution in [0, 0.1) is 0 Å². The maximum Gasteiger partial charge on any atom is 0.120 e. The lowest BCUT2D eigenvalue weighted by Gasteiger charge is -2.13. The van der Waals surface area contributed by atoms with Gasteiger partial charge in [0.05, 0.1) is 6.10 Å². The highest BCUT2D eigenvalue weighted by Crippen LogP contribution is 2.22. The van der Waals surface area contributed by atoms with Crippen LogP contribution in [-0.4, -0.2) is 24.4 Å². The van der Waals surface area contributed by atoms with Crippen LogP contribution in [0.2, 0.25) is 0 Å². The number of ether oxygens (including phenoxy) is 1. The van der Waals surface area contributed by atoms with Gasteiger partial charge in [0.1, 0.15) is 5.75 Å². The Bertz CT molecular complexity index is 340. The molecular formula is C13H19NO2. The van der Waals surface area contributed by atoms with Gasteiger partial charge in [0.2, 0.25) is 0 Å². The van der Waals surface area contributed by atoms with Gasteiger partial charge in [-0.15, -0.1) is 0 Å². The largest absolute Gasteiger partial charge is 0.508 e. The van der Waals surface area contributed by atoms with E-state index in [1.165, 1.54) is 0 Å². The van der Waals surface area contributed by atoms with Crippen molar-refractivity contribution in [2.45, 2.75) is 38.0 Å². The predicted octanol–water partition coefficient (Wildman–Crippen LogP) is 2.05. The molecule has 0 radical (unpaired) electrons. The van der Waals surface area contributed by atoms with Gasteiger partial charge in [0.15, 0.2) is 0 Å². The number of benzene rings is 1. The zero-order valence-corrected chi connectivity index (χ0v) is 9.65. The molecule has 1 aromatic rings. The smallest absolute Gasteiger partial charge is 0.120 e. The molecule has 2 unspecified atom stereocenters. The van der Waals surface area contributed by atoms with Crippen LogP contribution in [0.5, 0.6) is 5.75 Å². The third-order valence-corrected chi connectivity index (χ3v) is 3.29. The minimum atomic E-state index is 0.372. The molecule has 88 valence electrons. The van der Waals surface area contributed by atoms with E-state index in [2.05, 4.69) is 5.32 Å². The molecule has 1 aliphatic rings. The lowest BCUT2D eigenvalue weighted by molar-refractivity contribution is 0.107. The molecule has 2 atom stereocenters. The Morgan fingerprint density at radius 3 is 2.88 bits per heavy atom. The lowest BCUT2D eigenvalue weighted by Crippen LogP contribution is -2.26. The first kappa shape index (κ1) is 11.4. The van der Waals surface area contributed by atoms with Crippen LogP contribution in [-0.2, 0) is 11.3 Å². The summed E-state index contributed by atoms with van der Waals surface area (Å²) in [7, 11) is 1.77. The van der Waals surface area contributed by atoms with E-state index in [9.17, 15) is 5.11 Å². The molecule has 0 heterocycles. The monoisotopic (exact) mass is 221 g/mol. The minimum Gasteiger partial charge on any atom is -0.508 e. The van der Waals surface area contributed by atoms with Crippen LogP contribution in [0.4, 0.5) is 0 Å². The van der Waals surface area contributed by atoms with Gasteiger partial charge in [0, 0.05) is 25.3 Å². The van der Waals surface area contributed by atoms with Gasteiger partial charge >= 0.3 is 0 Å². The van der Waals surface area contributed by atoms with E-state index in [1.54, 1.807) is 13.2 Å². The standard InChI is InChI=1S/C13H19NO2/c1-16-12-7-6-11(8-12)14-9-10-4-2-3-5-13(10)15/h2-5,11-12,14-15H,6-9H2,1H3. The first-order valence-electron chi connectivity index (χ1n) is 5.82. The summed E-state index contributed by atoms with van der Waals surface area (Å²) < 4.78 is 5.33. The third kappa shape index (κ3) is 2.74. The predicted molar refractivity (Wildman–Crippen MR) is 63.4 cm³/mol. The molecule has 0 saturated heterocycles. The summed E-state index contributed by atoms with van der Waals surface area (Å²) in [6.07, 6.45) is 3.77. The lowest BCUT2D eigenvalue weighted by atomic mass is 10.2. The highest BCUT2D eigenvalue weighted by Gasteiger charge is 2.23. The van der Waals surface area contributed by atoms with Gasteiger partial charge in [-0.25, -0.2) is 0 Å². The average molecular weight is 221 g/mol. The maximum atomic E-state index is 9.62. The Hall–Kier alpha value is -1.06. The molecule has 0 aromatic heterocycles. The Labute approximate surface area is 96.4 Å². The van der Waals surface area contributed by atoms with Gasteiger partial charge in [-0.2, -0.15) is 0 Å². The van der Waals surface area contributed by atoms with E-state index in [1.807, 2.05) is 18.2 Å². The zero-order valence-electron chi connectivity index (χ0n) is 9.65. The summed E-state index contributed by atoms with van der Waals surface area (Å²) >= 11 is 0. The summed E-state index contributed by atoms with van der Waals surface area (Å²) in [6, 6.07) is 7.98. The zero-order chi connectivity index (χ0) is 11.4. The molecular weight excluding hydrogens is 202 g/mol. The molecule has 1 saturated carbocycles. The Morgan fingerprint density at radius 2 is 2.19 bits per heavy atom. The molecule has 3 nitrogen and oxygen atoms in total. The van der Waals surface area contributed by atoms with Crippen LogP contribution < -0.4 is 5.32 Å². The number of para-hydroxylation sites is 1. The van der Waals surface area contributed by atoms with Crippen molar-refractivity contribution in [3.05, 3.63) is 29.8 Å². The number of nitrogens with one attached hydrogen (secondary N) is 1. The molecule has 1 fully saturated rings. The molecule has 0 spiro atoms. The van der Waals surface area contributed by atoms with Gasteiger partial charge in [-0.1, -0.05) is 18.2 Å². The minimum absolute atomic E-state index is 0.372. The van der Waals surface area contributed by atoms with Crippen molar-refractivity contribution in [1.29, 1.82) is 0 Å². The molecule has 3 heteroatoms. The van der Waals surface area contributed by atoms with E-state index in [0.29, 0.717) is 17.9 Å². The second kappa shape index (κ2) is 5.32. The van der Waals surface area contributed by atoms with Crippen molar-refractivity contribution in [3.8, 4) is 5.75 Å². The van der Waals surface area contributed by atoms with E-state index in [-0.39, 0.29) is 0 Å². The van der Waals surface area contributed by atoms with Crippen molar-refractivity contribution in [2.24, 2.45) is 0 Å². The van der Waals surface area contributed by atoms with Gasteiger partial charge in [-0.05, 0) is 25.3 Å². The van der Waals surface area contributed by atoms with Crippen molar-refractivity contribution in [2.75, 3.05) is 7.11 Å². The second-order valence-electron chi connectivity index (χ2n) is 4.38. The Kier molecular flexibility index (Phi) is 3.80. The number of rotatable bonds is 4. The summed E-state index contributed by atoms with van der Waals surface area (Å²) in [4.78, 5) is 0. The number of hydrogen-bond acceptors (Lipinski definition) is 3. The molecule has 2 rings (SSSR count). The fourth-order valence-corrected chi connectivity index (χ4v) is 2.25. The summed E-state index contributed by atoms with van der Waals surface area (Å²) in [5.41, 5.74) is 0.961. The van der Waals surface area contributed by atoms with Gasteiger partial charge in [-0.3, -0.25) is 0 Å². The SMILES string of the molecule is COC1CCC(NCc2ccccc2O)C1. The number of phenols is 1. The molecule has 2 N–H and O–H groups in total. The fourth-order valence-electron chi connectivity index (χ4n) is 2.25. The first-order valence-corrected chi connectivity index (χ1v) is 5.82. The maximum absolute atomic E-state index is 9.62. The molecule has 0 amide bonds. The summed E-state index contributed by atoms with van der Waals surface area (Å²) in [5.74, 6) is 0.372. The quantitative estimate of drug-likeness (QED) is 0.817. The van der Waals surface area contributed by atoms with Crippen LogP contribution in [0.1, 0.15) is 24.8 Å². The van der Waals surface area contributed by atoms with Gasteiger partial charge < -0.3 is 15.2 Å². The number of methoxy groups -OCH3 is 1. The van der Waals surface area contributed by atoms with E-state index < -0.39 is 0 Å². The first-order chi connectivity index (χ1) is 7.79. The van der Waals surface area contributed by atoms with E-state index >= 15 is 0 Å². The highest BCUT2D eigenvalue weighted by atomic mass is 16.5. The van der Waals surface area contributed by atoms with Crippen molar-refractivity contribution in [1.82, 2.24) is 5.32 Å². The number of hydrogen-bond donors (Lipinski definition) is 2. The Balaban J connectivity index is 1.82. The van der Waals surface area contributed by atoms with E-state index in [0.717, 1.165) is 31.4 Å². The van der Waals surface area contributed by atoms with Crippen LogP contribution in [0.25, 0.3) is 0 Å². The van der Waals surface area contributed by atoms with Crippen molar-refractivity contribution >= 4 is 0 Å². The third-order valence-electron chi connectivity index (χ3n) is 3.29. The van der Waals surface area contributed by atoms with Crippen LogP contribution >= 0.6 is 0 Å². The molecule has 16 heavy (non-hydrogen) atoms. The molecule has 1 aromatic carbocycles. The summed E-state index contributed by atoms with van der Waals surface area (Å²) in [5, 5.41) is 13.1. The normalized spacial score (nSPS) is 24.8.